The average molecular weight is 222 g/mol. The maximum Gasteiger partial charge on any atom is 0.121 e. The third kappa shape index (κ3) is 5.03. The van der Waals surface area contributed by atoms with Gasteiger partial charge in [0.15, 0.2) is 0 Å². The van der Waals surface area contributed by atoms with E-state index in [-0.39, 0.29) is 0 Å². The fraction of sp³-hybridized carbons (Fsp3) is 0.538. The molecule has 1 N–H and O–H groups in total. The molecule has 3 nitrogen and oxygen atoms in total. The van der Waals surface area contributed by atoms with Crippen LogP contribution in [-0.4, -0.2) is 38.2 Å². The molecular weight excluding hydrogens is 200 g/mol. The lowest BCUT2D eigenvalue weighted by molar-refractivity contribution is 0.261. The summed E-state index contributed by atoms with van der Waals surface area (Å²) in [6.45, 7) is 5.90. The smallest absolute Gasteiger partial charge is 0.121 e. The molecule has 0 unspecified atom stereocenters. The van der Waals surface area contributed by atoms with Crippen LogP contribution in [-0.2, 0) is 0 Å². The molecule has 0 spiro atoms. The van der Waals surface area contributed by atoms with Crippen molar-refractivity contribution >= 4 is 5.69 Å². The van der Waals surface area contributed by atoms with E-state index in [1.807, 2.05) is 32.3 Å². The Morgan fingerprint density at radius 1 is 1.31 bits per heavy atom. The summed E-state index contributed by atoms with van der Waals surface area (Å²) >= 11 is 0. The Labute approximate surface area is 98.4 Å². The largest absolute Gasteiger partial charge is 0.492 e. The van der Waals surface area contributed by atoms with E-state index in [0.29, 0.717) is 6.04 Å². The van der Waals surface area contributed by atoms with Gasteiger partial charge in [-0.3, -0.25) is 0 Å². The summed E-state index contributed by atoms with van der Waals surface area (Å²) in [5, 5.41) is 3.35. The maximum atomic E-state index is 5.66. The molecule has 0 aromatic heterocycles. The second-order valence-corrected chi connectivity index (χ2v) is 4.48. The normalized spacial score (nSPS) is 10.9. The van der Waals surface area contributed by atoms with Gasteiger partial charge in [0.1, 0.15) is 12.4 Å². The average Bonchev–Trinajstić information content (AvgIpc) is 2.16. The van der Waals surface area contributed by atoms with Gasteiger partial charge in [0.05, 0.1) is 0 Å². The molecule has 1 aromatic carbocycles. The highest BCUT2D eigenvalue weighted by atomic mass is 16.5. The topological polar surface area (TPSA) is 24.5 Å². The Balaban J connectivity index is 2.47. The standard InChI is InChI=1S/C13H22N2O/c1-11(2)14-12-6-5-7-13(10-12)16-9-8-15(3)4/h5-7,10-11,14H,8-9H2,1-4H3. The highest BCUT2D eigenvalue weighted by Crippen LogP contribution is 2.17. The van der Waals surface area contributed by atoms with E-state index in [2.05, 4.69) is 30.1 Å². The molecule has 0 heterocycles. The van der Waals surface area contributed by atoms with Crippen molar-refractivity contribution in [1.29, 1.82) is 0 Å². The molecule has 0 aliphatic rings. The van der Waals surface area contributed by atoms with Gasteiger partial charge in [-0.1, -0.05) is 6.07 Å². The first-order chi connectivity index (χ1) is 7.58. The molecule has 1 rings (SSSR count). The monoisotopic (exact) mass is 222 g/mol. The fourth-order valence-corrected chi connectivity index (χ4v) is 1.36. The van der Waals surface area contributed by atoms with Gasteiger partial charge in [0, 0.05) is 24.3 Å². The number of ether oxygens (including phenoxy) is 1. The number of nitrogens with zero attached hydrogens (tertiary/aromatic N) is 1. The number of likely N-dealkylation sites (N-methyl/N-ethyl adjacent to an activating group) is 1. The van der Waals surface area contributed by atoms with Crippen molar-refractivity contribution in [2.24, 2.45) is 0 Å². The number of hydrogen-bond acceptors (Lipinski definition) is 3. The van der Waals surface area contributed by atoms with Gasteiger partial charge in [-0.25, -0.2) is 0 Å². The summed E-state index contributed by atoms with van der Waals surface area (Å²) in [6, 6.07) is 8.53. The number of benzene rings is 1. The van der Waals surface area contributed by atoms with E-state index in [4.69, 9.17) is 4.74 Å². The van der Waals surface area contributed by atoms with Gasteiger partial charge in [0.25, 0.3) is 0 Å². The number of anilines is 1. The van der Waals surface area contributed by atoms with Gasteiger partial charge >= 0.3 is 0 Å². The van der Waals surface area contributed by atoms with Crippen LogP contribution in [0, 0.1) is 0 Å². The van der Waals surface area contributed by atoms with Crippen LogP contribution in [0.1, 0.15) is 13.8 Å². The van der Waals surface area contributed by atoms with Gasteiger partial charge in [-0.2, -0.15) is 0 Å². The second kappa shape index (κ2) is 6.38. The van der Waals surface area contributed by atoms with E-state index in [1.54, 1.807) is 0 Å². The van der Waals surface area contributed by atoms with Crippen LogP contribution in [0.3, 0.4) is 0 Å². The van der Waals surface area contributed by atoms with Crippen molar-refractivity contribution in [3.05, 3.63) is 24.3 Å². The summed E-state index contributed by atoms with van der Waals surface area (Å²) in [6.07, 6.45) is 0. The van der Waals surface area contributed by atoms with Crippen molar-refractivity contribution in [2.75, 3.05) is 32.6 Å². The molecule has 0 fully saturated rings. The molecule has 0 atom stereocenters. The molecule has 1 aromatic rings. The zero-order chi connectivity index (χ0) is 12.0. The third-order valence-corrected chi connectivity index (χ3v) is 2.10. The van der Waals surface area contributed by atoms with Crippen LogP contribution < -0.4 is 10.1 Å². The molecule has 16 heavy (non-hydrogen) atoms. The molecule has 3 heteroatoms. The zero-order valence-corrected chi connectivity index (χ0v) is 10.7. The van der Waals surface area contributed by atoms with Gasteiger partial charge in [-0.15, -0.1) is 0 Å². The van der Waals surface area contributed by atoms with Crippen LogP contribution >= 0.6 is 0 Å². The van der Waals surface area contributed by atoms with Gasteiger partial charge < -0.3 is 15.0 Å². The molecule has 0 aliphatic heterocycles. The van der Waals surface area contributed by atoms with Crippen molar-refractivity contribution in [3.8, 4) is 5.75 Å². The van der Waals surface area contributed by atoms with Crippen molar-refractivity contribution in [1.82, 2.24) is 4.90 Å². The van der Waals surface area contributed by atoms with Crippen LogP contribution in [0.4, 0.5) is 5.69 Å². The van der Waals surface area contributed by atoms with E-state index >= 15 is 0 Å². The van der Waals surface area contributed by atoms with Crippen LogP contribution in [0.15, 0.2) is 24.3 Å². The van der Waals surface area contributed by atoms with Crippen LogP contribution in [0.2, 0.25) is 0 Å². The highest BCUT2D eigenvalue weighted by molar-refractivity contribution is 5.48. The first-order valence-electron chi connectivity index (χ1n) is 5.72. The van der Waals surface area contributed by atoms with E-state index in [1.165, 1.54) is 0 Å². The molecule has 0 aliphatic carbocycles. The quantitative estimate of drug-likeness (QED) is 0.800. The Kier molecular flexibility index (Phi) is 5.12. The second-order valence-electron chi connectivity index (χ2n) is 4.48. The molecular formula is C13H22N2O. The highest BCUT2D eigenvalue weighted by Gasteiger charge is 1.98. The predicted octanol–water partition coefficient (Wildman–Crippen LogP) is 2.45. The van der Waals surface area contributed by atoms with Crippen LogP contribution in [0.25, 0.3) is 0 Å². The SMILES string of the molecule is CC(C)Nc1cccc(OCCN(C)C)c1. The van der Waals surface area contributed by atoms with Gasteiger partial charge in [-0.05, 0) is 40.1 Å². The summed E-state index contributed by atoms with van der Waals surface area (Å²) in [4.78, 5) is 2.11. The minimum Gasteiger partial charge on any atom is -0.492 e. The summed E-state index contributed by atoms with van der Waals surface area (Å²) in [5.41, 5.74) is 1.11. The van der Waals surface area contributed by atoms with Crippen molar-refractivity contribution < 1.29 is 4.74 Å². The van der Waals surface area contributed by atoms with E-state index in [9.17, 15) is 0 Å². The zero-order valence-electron chi connectivity index (χ0n) is 10.7. The number of hydrogen-bond donors (Lipinski definition) is 1. The number of rotatable bonds is 6. The van der Waals surface area contributed by atoms with Crippen LogP contribution in [0.5, 0.6) is 5.75 Å². The summed E-state index contributed by atoms with van der Waals surface area (Å²) < 4.78 is 5.66. The van der Waals surface area contributed by atoms with Gasteiger partial charge in [0.2, 0.25) is 0 Å². The third-order valence-electron chi connectivity index (χ3n) is 2.10. The minimum absolute atomic E-state index is 0.442. The Morgan fingerprint density at radius 3 is 2.69 bits per heavy atom. The van der Waals surface area contributed by atoms with E-state index in [0.717, 1.165) is 24.6 Å². The lowest BCUT2D eigenvalue weighted by Crippen LogP contribution is -2.19. The fourth-order valence-electron chi connectivity index (χ4n) is 1.36. The first-order valence-corrected chi connectivity index (χ1v) is 5.72. The molecule has 0 saturated heterocycles. The molecule has 0 bridgehead atoms. The lowest BCUT2D eigenvalue weighted by Gasteiger charge is -2.13. The minimum atomic E-state index is 0.442. The molecule has 0 radical (unpaired) electrons. The molecule has 0 amide bonds. The Morgan fingerprint density at radius 2 is 2.06 bits per heavy atom. The predicted molar refractivity (Wildman–Crippen MR) is 69.2 cm³/mol. The first kappa shape index (κ1) is 12.8. The lowest BCUT2D eigenvalue weighted by atomic mass is 10.2. The molecule has 0 saturated carbocycles. The van der Waals surface area contributed by atoms with Crippen molar-refractivity contribution in [2.45, 2.75) is 19.9 Å². The Hall–Kier alpha value is -1.22. The van der Waals surface area contributed by atoms with Crippen molar-refractivity contribution in [3.63, 3.8) is 0 Å². The maximum absolute atomic E-state index is 5.66. The summed E-state index contributed by atoms with van der Waals surface area (Å²) in [7, 11) is 4.08. The molecule has 90 valence electrons. The Bertz CT molecular complexity index is 311. The number of nitrogens with one attached hydrogen (secondary N) is 1. The van der Waals surface area contributed by atoms with E-state index < -0.39 is 0 Å². The summed E-state index contributed by atoms with van der Waals surface area (Å²) in [5.74, 6) is 0.924.